The van der Waals surface area contributed by atoms with Crippen molar-refractivity contribution in [3.8, 4) is 0 Å². The highest BCUT2D eigenvalue weighted by Gasteiger charge is 2.21. The van der Waals surface area contributed by atoms with Crippen molar-refractivity contribution in [2.45, 2.75) is 65.4 Å². The van der Waals surface area contributed by atoms with E-state index >= 15 is 0 Å². The Morgan fingerprint density at radius 2 is 1.87 bits per heavy atom. The summed E-state index contributed by atoms with van der Waals surface area (Å²) in [6.45, 7) is 7.81. The van der Waals surface area contributed by atoms with E-state index in [1.54, 1.807) is 17.2 Å². The predicted octanol–water partition coefficient (Wildman–Crippen LogP) is 3.33. The van der Waals surface area contributed by atoms with Crippen LogP contribution in [0.4, 0.5) is 5.82 Å². The molecule has 1 aromatic rings. The number of amides is 1. The molecule has 170 valence electrons. The topological polar surface area (TPSA) is 113 Å². The molecule has 1 aliphatic rings. The number of carbonyl (C=O) groups excluding carboxylic acids is 2. The number of nitrogens with one attached hydrogen (secondary N) is 1. The van der Waals surface area contributed by atoms with Crippen LogP contribution >= 0.6 is 0 Å². The van der Waals surface area contributed by atoms with Gasteiger partial charge in [-0.1, -0.05) is 25.3 Å². The van der Waals surface area contributed by atoms with E-state index in [0.29, 0.717) is 17.6 Å². The summed E-state index contributed by atoms with van der Waals surface area (Å²) in [5.74, 6) is 6.76. The van der Waals surface area contributed by atoms with Crippen LogP contribution in [0.1, 0.15) is 58.4 Å². The molecule has 0 aromatic carbocycles. The summed E-state index contributed by atoms with van der Waals surface area (Å²) in [7, 11) is 3.69. The first-order valence-electron chi connectivity index (χ1n) is 10.3. The number of aryl methyl sites for hydroxylation is 1. The van der Waals surface area contributed by atoms with Gasteiger partial charge in [0.1, 0.15) is 17.7 Å². The van der Waals surface area contributed by atoms with Crippen LogP contribution in [0.3, 0.4) is 0 Å². The third-order valence-electron chi connectivity index (χ3n) is 4.27. The summed E-state index contributed by atoms with van der Waals surface area (Å²) in [6, 6.07) is 3.67. The number of ether oxygens (including phenoxy) is 1. The lowest BCUT2D eigenvalue weighted by Gasteiger charge is -2.23. The van der Waals surface area contributed by atoms with Crippen LogP contribution in [0, 0.1) is 18.3 Å². The maximum Gasteiger partial charge on any atom is 0.225 e. The molecule has 1 aromatic heterocycles. The minimum absolute atomic E-state index is 0.163. The van der Waals surface area contributed by atoms with E-state index in [0.717, 1.165) is 31.1 Å². The van der Waals surface area contributed by atoms with E-state index < -0.39 is 0 Å². The highest BCUT2D eigenvalue weighted by Crippen LogP contribution is 2.24. The minimum Gasteiger partial charge on any atom is -0.478 e. The van der Waals surface area contributed by atoms with Crippen LogP contribution in [0.25, 0.3) is 0 Å². The molecule has 0 saturated heterocycles. The summed E-state index contributed by atoms with van der Waals surface area (Å²) in [5.41, 5.74) is 0.875. The van der Waals surface area contributed by atoms with Crippen LogP contribution in [0.2, 0.25) is 0 Å². The van der Waals surface area contributed by atoms with Crippen molar-refractivity contribution in [3.05, 3.63) is 23.9 Å². The second-order valence-corrected chi connectivity index (χ2v) is 8.43. The molecular weight excluding hydrogens is 382 g/mol. The third-order valence-corrected chi connectivity index (χ3v) is 4.27. The molecule has 1 amide bonds. The average molecular weight is 422 g/mol. The fourth-order valence-corrected chi connectivity index (χ4v) is 2.70. The molecule has 0 aliphatic heterocycles. The monoisotopic (exact) mass is 421 g/mol. The van der Waals surface area contributed by atoms with Gasteiger partial charge >= 0.3 is 0 Å². The lowest BCUT2D eigenvalue weighted by molar-refractivity contribution is -0.133. The molecular formula is C22H39N5O3. The van der Waals surface area contributed by atoms with Crippen LogP contribution in [-0.4, -0.2) is 54.7 Å². The molecule has 8 nitrogen and oxygen atoms in total. The highest BCUT2D eigenvalue weighted by atomic mass is 16.5. The Bertz CT molecular complexity index is 621. The van der Waals surface area contributed by atoms with Crippen molar-refractivity contribution in [2.75, 3.05) is 25.6 Å². The van der Waals surface area contributed by atoms with Gasteiger partial charge in [0.15, 0.2) is 6.40 Å². The Kier molecular flexibility index (Phi) is 13.3. The van der Waals surface area contributed by atoms with Gasteiger partial charge in [-0.3, -0.25) is 15.2 Å². The Labute approximate surface area is 181 Å². The third kappa shape index (κ3) is 12.9. The van der Waals surface area contributed by atoms with E-state index in [1.165, 1.54) is 24.3 Å². The molecule has 1 aliphatic carbocycles. The van der Waals surface area contributed by atoms with Gasteiger partial charge in [-0.05, 0) is 52.2 Å². The lowest BCUT2D eigenvalue weighted by Crippen LogP contribution is -2.33. The first-order valence-corrected chi connectivity index (χ1v) is 10.3. The second kappa shape index (κ2) is 14.5. The van der Waals surface area contributed by atoms with Crippen molar-refractivity contribution >= 4 is 24.4 Å². The summed E-state index contributed by atoms with van der Waals surface area (Å²) >= 11 is 0. The first-order chi connectivity index (χ1) is 14.0. The fraction of sp³-hybridized carbons (Fsp3) is 0.636. The van der Waals surface area contributed by atoms with Crippen LogP contribution in [-0.2, 0) is 14.3 Å². The van der Waals surface area contributed by atoms with Gasteiger partial charge in [-0.2, -0.15) is 0 Å². The van der Waals surface area contributed by atoms with Crippen LogP contribution in [0.5, 0.6) is 0 Å². The normalized spacial score (nSPS) is 13.6. The molecule has 1 fully saturated rings. The van der Waals surface area contributed by atoms with Gasteiger partial charge in [-0.25, -0.2) is 10.8 Å². The van der Waals surface area contributed by atoms with E-state index in [-0.39, 0.29) is 12.1 Å². The quantitative estimate of drug-likeness (QED) is 0.248. The van der Waals surface area contributed by atoms with Crippen LogP contribution < -0.4 is 10.9 Å². The predicted molar refractivity (Wildman–Crippen MR) is 121 cm³/mol. The fourth-order valence-electron chi connectivity index (χ4n) is 2.70. The Hall–Kier alpha value is -2.48. The highest BCUT2D eigenvalue weighted by molar-refractivity contribution is 5.78. The zero-order chi connectivity index (χ0) is 23.2. The number of nitrogens with zero attached hydrogens (tertiary/aromatic N) is 3. The summed E-state index contributed by atoms with van der Waals surface area (Å²) in [6.07, 6.45) is 9.42. The van der Waals surface area contributed by atoms with Gasteiger partial charge < -0.3 is 14.4 Å². The molecule has 0 radical (unpaired) electrons. The molecule has 2 rings (SSSR count). The van der Waals surface area contributed by atoms with Gasteiger partial charge in [0.25, 0.3) is 0 Å². The Morgan fingerprint density at radius 3 is 2.23 bits per heavy atom. The van der Waals surface area contributed by atoms with Crippen LogP contribution in [0.15, 0.2) is 18.3 Å². The van der Waals surface area contributed by atoms with Crippen molar-refractivity contribution in [1.82, 2.24) is 9.88 Å². The molecule has 30 heavy (non-hydrogen) atoms. The van der Waals surface area contributed by atoms with Crippen molar-refractivity contribution in [3.63, 3.8) is 0 Å². The average Bonchev–Trinajstić information content (AvgIpc) is 2.69. The molecule has 0 bridgehead atoms. The van der Waals surface area contributed by atoms with Gasteiger partial charge in [0.2, 0.25) is 5.91 Å². The number of pyridine rings is 1. The lowest BCUT2D eigenvalue weighted by atomic mass is 9.88. The molecule has 1 saturated carbocycles. The van der Waals surface area contributed by atoms with Gasteiger partial charge in [0, 0.05) is 26.2 Å². The standard InChI is InChI=1S/C9H17NO.C8H11N3O.C5H11NO/c1-10(2)9(11)8-6-4-3-5-7-8;1-7-2-3-8(10-6-7)11(9)4-5-12;1-5(2,3)7-4-6/h8H,3-7H2,1-2H3;2-3,5-6H,4,9H2,1H3;4,6H,1-3H3. The second-order valence-electron chi connectivity index (χ2n) is 8.43. The number of carbonyl (C=O) groups is 2. The number of anilines is 1. The molecule has 3 N–H and O–H groups in total. The van der Waals surface area contributed by atoms with Crippen molar-refractivity contribution < 1.29 is 14.3 Å². The number of hydrogen-bond acceptors (Lipinski definition) is 7. The van der Waals surface area contributed by atoms with E-state index in [9.17, 15) is 9.59 Å². The maximum atomic E-state index is 11.4. The Balaban J connectivity index is 0.000000437. The number of aromatic nitrogens is 1. The Morgan fingerprint density at radius 1 is 1.27 bits per heavy atom. The number of hydrogen-bond donors (Lipinski definition) is 2. The molecule has 1 heterocycles. The molecule has 0 spiro atoms. The molecule has 8 heteroatoms. The van der Waals surface area contributed by atoms with E-state index in [2.05, 4.69) is 4.98 Å². The van der Waals surface area contributed by atoms with Gasteiger partial charge in [-0.15, -0.1) is 0 Å². The maximum absolute atomic E-state index is 11.4. The summed E-state index contributed by atoms with van der Waals surface area (Å²) in [4.78, 5) is 27.3. The summed E-state index contributed by atoms with van der Waals surface area (Å²) < 4.78 is 4.77. The van der Waals surface area contributed by atoms with Crippen molar-refractivity contribution in [2.24, 2.45) is 11.8 Å². The minimum atomic E-state index is -0.193. The SMILES string of the molecule is CC(C)(C)OC=N.CN(C)C(=O)C1CCCCC1.Cc1ccc(N(N)CC=O)nc1. The zero-order valence-corrected chi connectivity index (χ0v) is 19.4. The first kappa shape index (κ1) is 27.5. The van der Waals surface area contributed by atoms with E-state index in [1.807, 2.05) is 47.9 Å². The largest absolute Gasteiger partial charge is 0.478 e. The van der Waals surface area contributed by atoms with Crippen molar-refractivity contribution in [1.29, 1.82) is 5.41 Å². The number of aldehydes is 1. The number of nitrogens with two attached hydrogens (primary N) is 1. The molecule has 0 atom stereocenters. The van der Waals surface area contributed by atoms with Gasteiger partial charge in [0.05, 0.1) is 6.54 Å². The zero-order valence-electron chi connectivity index (χ0n) is 19.4. The number of rotatable bonds is 5. The molecule has 0 unspecified atom stereocenters. The van der Waals surface area contributed by atoms with E-state index in [4.69, 9.17) is 16.0 Å². The summed E-state index contributed by atoms with van der Waals surface area (Å²) in [5, 5.41) is 7.81. The number of hydrazine groups is 1. The smallest absolute Gasteiger partial charge is 0.225 e.